The molecule has 0 heterocycles. The zero-order chi connectivity index (χ0) is 28.9. The first-order valence-corrected chi connectivity index (χ1v) is 11.6. The monoisotopic (exact) mass is 562 g/mol. The third-order valence-corrected chi connectivity index (χ3v) is 3.57. The molecule has 1 N–H and O–H groups in total. The molecular formula is C22H40Cl2N2O10. The summed E-state index contributed by atoms with van der Waals surface area (Å²) >= 11 is 8.98. The lowest BCUT2D eigenvalue weighted by molar-refractivity contribution is -0.127. The molecule has 0 aliphatic carbocycles. The van der Waals surface area contributed by atoms with E-state index in [-0.39, 0.29) is 19.3 Å². The van der Waals surface area contributed by atoms with Crippen LogP contribution in [0.5, 0.6) is 0 Å². The lowest BCUT2D eigenvalue weighted by Gasteiger charge is -2.24. The lowest BCUT2D eigenvalue weighted by Crippen LogP contribution is -2.36. The number of aldehydes is 1. The van der Waals surface area contributed by atoms with Crippen molar-refractivity contribution in [2.75, 3.05) is 60.2 Å². The van der Waals surface area contributed by atoms with E-state index in [0.717, 1.165) is 0 Å². The number of nitrogens with zero attached hydrogens (tertiary/aromatic N) is 2. The van der Waals surface area contributed by atoms with Gasteiger partial charge in [-0.3, -0.25) is 9.59 Å². The van der Waals surface area contributed by atoms with E-state index in [4.69, 9.17) is 24.1 Å². The molecule has 0 aliphatic rings. The van der Waals surface area contributed by atoms with Crippen LogP contribution in [0.1, 0.15) is 41.5 Å². The fourth-order valence-electron chi connectivity index (χ4n) is 1.56. The van der Waals surface area contributed by atoms with E-state index >= 15 is 0 Å². The number of halogens is 2. The average molecular weight is 563 g/mol. The molecule has 12 nitrogen and oxygen atoms in total. The fourth-order valence-corrected chi connectivity index (χ4v) is 1.56. The highest BCUT2D eigenvalue weighted by Crippen LogP contribution is 2.09. The molecule has 0 aliphatic heterocycles. The molecule has 0 aromatic heterocycles. The average Bonchev–Trinajstić information content (AvgIpc) is 2.72. The smallest absolute Gasteiger partial charge is 0.410 e. The Morgan fingerprint density at radius 2 is 1.11 bits per heavy atom. The van der Waals surface area contributed by atoms with E-state index in [2.05, 4.69) is 23.2 Å². The van der Waals surface area contributed by atoms with Gasteiger partial charge in [-0.05, 0) is 64.7 Å². The summed E-state index contributed by atoms with van der Waals surface area (Å²) in [4.78, 5) is 54.5. The molecule has 0 bridgehead atoms. The molecule has 212 valence electrons. The van der Waals surface area contributed by atoms with Gasteiger partial charge >= 0.3 is 22.7 Å². The van der Waals surface area contributed by atoms with Crippen LogP contribution in [0.2, 0.25) is 0 Å². The van der Waals surface area contributed by atoms with E-state index in [1.807, 2.05) is 41.5 Å². The van der Waals surface area contributed by atoms with E-state index in [0.29, 0.717) is 39.2 Å². The quantitative estimate of drug-likeness (QED) is 0.172. The van der Waals surface area contributed by atoms with Crippen molar-refractivity contribution in [2.45, 2.75) is 52.7 Å². The summed E-state index contributed by atoms with van der Waals surface area (Å²) in [6.07, 6.45) is -0.0830. The third kappa shape index (κ3) is 30.0. The minimum Gasteiger partial charge on any atom is -0.444 e. The molecule has 0 aromatic rings. The molecule has 0 spiro atoms. The maximum absolute atomic E-state index is 11.4. The SMILES string of the molecule is CN(CCOCC=O)C(=O)OC(C)(C)C.CN(CCOCCO)C(=O)OC(C)(C)C.O=C(Cl)C(=O)Cl. The number of carbonyl (C=O) groups is 5. The van der Waals surface area contributed by atoms with Crippen LogP contribution in [0.25, 0.3) is 0 Å². The number of rotatable bonds is 11. The van der Waals surface area contributed by atoms with Gasteiger partial charge in [0.05, 0.1) is 26.4 Å². The van der Waals surface area contributed by atoms with Crippen molar-refractivity contribution in [3.8, 4) is 0 Å². The second-order valence-electron chi connectivity index (χ2n) is 8.93. The van der Waals surface area contributed by atoms with Crippen LogP contribution in [0, 0.1) is 0 Å². The lowest BCUT2D eigenvalue weighted by atomic mass is 10.2. The topological polar surface area (TPSA) is 149 Å². The highest BCUT2D eigenvalue weighted by molar-refractivity contribution is 6.97. The van der Waals surface area contributed by atoms with Crippen LogP contribution >= 0.6 is 23.2 Å². The predicted octanol–water partition coefficient (Wildman–Crippen LogP) is 2.45. The maximum Gasteiger partial charge on any atom is 0.410 e. The summed E-state index contributed by atoms with van der Waals surface area (Å²) < 4.78 is 20.2. The largest absolute Gasteiger partial charge is 0.444 e. The van der Waals surface area contributed by atoms with Crippen molar-refractivity contribution >= 4 is 52.2 Å². The van der Waals surface area contributed by atoms with Gasteiger partial charge in [-0.2, -0.15) is 0 Å². The molecular weight excluding hydrogens is 523 g/mol. The molecule has 0 saturated carbocycles. The summed E-state index contributed by atoms with van der Waals surface area (Å²) in [6, 6.07) is 0. The zero-order valence-corrected chi connectivity index (χ0v) is 23.8. The minimum atomic E-state index is -1.14. The van der Waals surface area contributed by atoms with Gasteiger partial charge in [0.1, 0.15) is 24.1 Å². The standard InChI is InChI=1S/C10H21NO4.C10H19NO4.C2Cl2O2/c2*1-10(2,3)15-9(13)11(4)5-7-14-8-6-12;3-1(5)2(4)6/h12H,5-8H2,1-4H3;6H,5,7-8H2,1-4H3;. The van der Waals surface area contributed by atoms with Gasteiger partial charge in [0.15, 0.2) is 0 Å². The number of amides is 2. The van der Waals surface area contributed by atoms with Crippen molar-refractivity contribution in [1.29, 1.82) is 0 Å². The fraction of sp³-hybridized carbons (Fsp3) is 0.773. The number of likely N-dealkylation sites (N-methyl/N-ethyl adjacent to an activating group) is 2. The van der Waals surface area contributed by atoms with Crippen molar-refractivity contribution in [3.05, 3.63) is 0 Å². The molecule has 0 atom stereocenters. The zero-order valence-electron chi connectivity index (χ0n) is 22.3. The van der Waals surface area contributed by atoms with Crippen LogP contribution in [-0.2, 0) is 33.3 Å². The Hall–Kier alpha value is -1.99. The molecule has 36 heavy (non-hydrogen) atoms. The van der Waals surface area contributed by atoms with E-state index in [9.17, 15) is 24.0 Å². The van der Waals surface area contributed by atoms with E-state index < -0.39 is 27.8 Å². The van der Waals surface area contributed by atoms with Gasteiger partial charge in [0.2, 0.25) is 0 Å². The molecule has 0 saturated heterocycles. The van der Waals surface area contributed by atoms with Gasteiger partial charge in [-0.1, -0.05) is 0 Å². The summed E-state index contributed by atoms with van der Waals surface area (Å²) in [5.74, 6) is 0. The summed E-state index contributed by atoms with van der Waals surface area (Å²) in [5.41, 5.74) is -0.966. The van der Waals surface area contributed by atoms with Gasteiger partial charge in [-0.15, -0.1) is 0 Å². The van der Waals surface area contributed by atoms with Crippen molar-refractivity contribution in [2.24, 2.45) is 0 Å². The number of ether oxygens (including phenoxy) is 4. The number of aliphatic hydroxyl groups is 1. The van der Waals surface area contributed by atoms with Crippen LogP contribution in [0.15, 0.2) is 0 Å². The Labute approximate surface area is 223 Å². The molecule has 0 rings (SSSR count). The molecule has 0 unspecified atom stereocenters. The van der Waals surface area contributed by atoms with Crippen LogP contribution in [0.4, 0.5) is 9.59 Å². The normalized spacial score (nSPS) is 10.5. The Bertz CT molecular complexity index is 652. The molecule has 2 amide bonds. The maximum atomic E-state index is 11.4. The summed E-state index contributed by atoms with van der Waals surface area (Å²) in [7, 11) is 3.27. The van der Waals surface area contributed by atoms with Gasteiger partial charge in [0.25, 0.3) is 0 Å². The van der Waals surface area contributed by atoms with E-state index in [1.54, 1.807) is 14.1 Å². The molecule has 14 heteroatoms. The minimum absolute atomic E-state index is 0.00382. The Kier molecular flexibility index (Phi) is 22.6. The Morgan fingerprint density at radius 3 is 1.39 bits per heavy atom. The molecule has 0 aromatic carbocycles. The Morgan fingerprint density at radius 1 is 0.750 bits per heavy atom. The number of carbonyl (C=O) groups excluding carboxylic acids is 5. The van der Waals surface area contributed by atoms with Gasteiger partial charge in [-0.25, -0.2) is 9.59 Å². The predicted molar refractivity (Wildman–Crippen MR) is 134 cm³/mol. The van der Waals surface area contributed by atoms with Gasteiger partial charge < -0.3 is 38.6 Å². The second kappa shape index (κ2) is 21.1. The second-order valence-corrected chi connectivity index (χ2v) is 9.62. The van der Waals surface area contributed by atoms with Crippen LogP contribution in [-0.4, -0.2) is 115 Å². The summed E-state index contributed by atoms with van der Waals surface area (Å²) in [6.45, 7) is 12.8. The third-order valence-electron chi connectivity index (χ3n) is 3.13. The number of aliphatic hydroxyl groups excluding tert-OH is 1. The van der Waals surface area contributed by atoms with Crippen molar-refractivity contribution in [1.82, 2.24) is 9.80 Å². The molecule has 0 radical (unpaired) electrons. The van der Waals surface area contributed by atoms with Gasteiger partial charge in [0, 0.05) is 27.2 Å². The van der Waals surface area contributed by atoms with Crippen LogP contribution in [0.3, 0.4) is 0 Å². The van der Waals surface area contributed by atoms with E-state index in [1.165, 1.54) is 9.80 Å². The first-order valence-electron chi connectivity index (χ1n) is 10.8. The van der Waals surface area contributed by atoms with Crippen LogP contribution < -0.4 is 0 Å². The first-order chi connectivity index (χ1) is 16.4. The Balaban J connectivity index is -0.000000495. The highest BCUT2D eigenvalue weighted by atomic mass is 35.5. The number of hydrogen-bond donors (Lipinski definition) is 1. The van der Waals surface area contributed by atoms with Crippen molar-refractivity contribution in [3.63, 3.8) is 0 Å². The van der Waals surface area contributed by atoms with Crippen molar-refractivity contribution < 1.29 is 48.0 Å². The summed E-state index contributed by atoms with van der Waals surface area (Å²) in [5, 5.41) is 6.18. The first kappa shape index (κ1) is 38.5. The number of hydrogen-bond acceptors (Lipinski definition) is 10. The highest BCUT2D eigenvalue weighted by Gasteiger charge is 2.20. The molecule has 0 fully saturated rings.